The summed E-state index contributed by atoms with van der Waals surface area (Å²) < 4.78 is 0. The van der Waals surface area contributed by atoms with Gasteiger partial charge in [0.25, 0.3) is 0 Å². The summed E-state index contributed by atoms with van der Waals surface area (Å²) in [4.78, 5) is 22.4. The molecular formula is C17H18N2O4. The molecule has 0 saturated heterocycles. The van der Waals surface area contributed by atoms with Gasteiger partial charge in [0.2, 0.25) is 0 Å². The number of hydrogen-bond acceptors (Lipinski definition) is 4. The molecule has 2 aromatic rings. The highest BCUT2D eigenvalue weighted by molar-refractivity contribution is 5.90. The van der Waals surface area contributed by atoms with Crippen molar-refractivity contribution in [3.8, 4) is 0 Å². The van der Waals surface area contributed by atoms with Gasteiger partial charge in [-0.2, -0.15) is 0 Å². The molecule has 0 radical (unpaired) electrons. The van der Waals surface area contributed by atoms with E-state index in [0.29, 0.717) is 41.8 Å². The van der Waals surface area contributed by atoms with E-state index in [-0.39, 0.29) is 11.1 Å². The second-order valence-electron chi connectivity index (χ2n) is 5.30. The van der Waals surface area contributed by atoms with E-state index in [1.165, 1.54) is 12.1 Å². The number of carboxylic acid groups (broad SMARTS) is 2. The third-order valence-electron chi connectivity index (χ3n) is 3.61. The fourth-order valence-electron chi connectivity index (χ4n) is 2.53. The Kier molecular flexibility index (Phi) is 4.85. The van der Waals surface area contributed by atoms with Crippen molar-refractivity contribution in [3.05, 3.63) is 58.7 Å². The van der Waals surface area contributed by atoms with Crippen LogP contribution in [0, 0.1) is 0 Å². The SMILES string of the molecule is Nc1ccc(C(=O)O)c(CCCc2cc(N)ccc2C(=O)O)c1. The van der Waals surface area contributed by atoms with Crippen LogP contribution in [0.25, 0.3) is 0 Å². The van der Waals surface area contributed by atoms with Crippen molar-refractivity contribution in [3.63, 3.8) is 0 Å². The number of nitrogen functional groups attached to an aromatic ring is 2. The predicted molar refractivity (Wildman–Crippen MR) is 87.7 cm³/mol. The molecule has 0 spiro atoms. The van der Waals surface area contributed by atoms with E-state index >= 15 is 0 Å². The van der Waals surface area contributed by atoms with E-state index < -0.39 is 11.9 Å². The van der Waals surface area contributed by atoms with E-state index in [0.717, 1.165) is 0 Å². The van der Waals surface area contributed by atoms with E-state index in [1.807, 2.05) is 0 Å². The molecule has 0 heterocycles. The van der Waals surface area contributed by atoms with Crippen molar-refractivity contribution in [1.82, 2.24) is 0 Å². The number of benzene rings is 2. The van der Waals surface area contributed by atoms with E-state index in [1.54, 1.807) is 24.3 Å². The standard InChI is InChI=1S/C17H18N2O4/c18-12-4-6-14(16(20)21)10(8-12)2-1-3-11-9-13(19)5-7-15(11)17(22)23/h4-9H,1-3,18-19H2,(H,20,21)(H,22,23). The minimum Gasteiger partial charge on any atom is -0.478 e. The summed E-state index contributed by atoms with van der Waals surface area (Å²) in [6.07, 6.45) is 1.56. The molecule has 120 valence electrons. The molecule has 0 bridgehead atoms. The highest BCUT2D eigenvalue weighted by Crippen LogP contribution is 2.19. The number of carbonyl (C=O) groups is 2. The van der Waals surface area contributed by atoms with Crippen LogP contribution in [0.3, 0.4) is 0 Å². The van der Waals surface area contributed by atoms with Gasteiger partial charge in [-0.15, -0.1) is 0 Å². The van der Waals surface area contributed by atoms with Gasteiger partial charge in [0.15, 0.2) is 0 Å². The summed E-state index contributed by atoms with van der Waals surface area (Å²) in [5, 5.41) is 18.4. The zero-order valence-corrected chi connectivity index (χ0v) is 12.5. The first kappa shape index (κ1) is 16.4. The largest absolute Gasteiger partial charge is 0.478 e. The first-order chi connectivity index (χ1) is 10.9. The molecule has 6 nitrogen and oxygen atoms in total. The molecule has 0 amide bonds. The minimum absolute atomic E-state index is 0.213. The van der Waals surface area contributed by atoms with Crippen molar-refractivity contribution in [1.29, 1.82) is 0 Å². The Morgan fingerprint density at radius 2 is 1.17 bits per heavy atom. The lowest BCUT2D eigenvalue weighted by atomic mass is 9.97. The molecule has 0 aliphatic carbocycles. The van der Waals surface area contributed by atoms with Gasteiger partial charge in [-0.3, -0.25) is 0 Å². The zero-order valence-electron chi connectivity index (χ0n) is 12.5. The number of anilines is 2. The van der Waals surface area contributed by atoms with Crippen LogP contribution in [0.5, 0.6) is 0 Å². The average molecular weight is 314 g/mol. The van der Waals surface area contributed by atoms with Crippen LogP contribution in [0.15, 0.2) is 36.4 Å². The number of rotatable bonds is 6. The summed E-state index contributed by atoms with van der Waals surface area (Å²) in [6, 6.07) is 9.34. The number of nitrogens with two attached hydrogens (primary N) is 2. The molecule has 0 saturated carbocycles. The monoisotopic (exact) mass is 314 g/mol. The second-order valence-corrected chi connectivity index (χ2v) is 5.30. The zero-order chi connectivity index (χ0) is 17.0. The maximum atomic E-state index is 11.2. The van der Waals surface area contributed by atoms with Crippen molar-refractivity contribution < 1.29 is 19.8 Å². The average Bonchev–Trinajstić information content (AvgIpc) is 2.46. The Morgan fingerprint density at radius 3 is 1.52 bits per heavy atom. The van der Waals surface area contributed by atoms with Crippen LogP contribution in [0.1, 0.15) is 38.3 Å². The van der Waals surface area contributed by atoms with Gasteiger partial charge < -0.3 is 21.7 Å². The Bertz CT molecular complexity index is 693. The van der Waals surface area contributed by atoms with Crippen LogP contribution >= 0.6 is 0 Å². The van der Waals surface area contributed by atoms with Gasteiger partial charge in [0, 0.05) is 11.4 Å². The molecule has 0 fully saturated rings. The second kappa shape index (κ2) is 6.83. The number of hydrogen-bond donors (Lipinski definition) is 4. The minimum atomic E-state index is -1.00. The molecule has 0 aliphatic heterocycles. The van der Waals surface area contributed by atoms with Crippen molar-refractivity contribution >= 4 is 23.3 Å². The van der Waals surface area contributed by atoms with Gasteiger partial charge in [-0.1, -0.05) is 0 Å². The lowest BCUT2D eigenvalue weighted by Crippen LogP contribution is -2.06. The molecule has 0 aromatic heterocycles. The topological polar surface area (TPSA) is 127 Å². The molecule has 23 heavy (non-hydrogen) atoms. The van der Waals surface area contributed by atoms with Crippen LogP contribution in [0.2, 0.25) is 0 Å². The van der Waals surface area contributed by atoms with Gasteiger partial charge in [-0.25, -0.2) is 9.59 Å². The Balaban J connectivity index is 2.15. The van der Waals surface area contributed by atoms with E-state index in [4.69, 9.17) is 11.5 Å². The van der Waals surface area contributed by atoms with E-state index in [9.17, 15) is 19.8 Å². The lowest BCUT2D eigenvalue weighted by Gasteiger charge is -2.09. The smallest absolute Gasteiger partial charge is 0.335 e. The van der Waals surface area contributed by atoms with Gasteiger partial charge in [0.05, 0.1) is 11.1 Å². The highest BCUT2D eigenvalue weighted by atomic mass is 16.4. The maximum Gasteiger partial charge on any atom is 0.335 e. The summed E-state index contributed by atoms with van der Waals surface area (Å²) in [5.41, 5.74) is 14.1. The van der Waals surface area contributed by atoms with Crippen LogP contribution < -0.4 is 11.5 Å². The summed E-state index contributed by atoms with van der Waals surface area (Å²) in [7, 11) is 0. The number of aromatic carboxylic acids is 2. The molecule has 2 aromatic carbocycles. The Morgan fingerprint density at radius 1 is 0.783 bits per heavy atom. The molecule has 0 aliphatic rings. The first-order valence-corrected chi connectivity index (χ1v) is 7.12. The van der Waals surface area contributed by atoms with Crippen molar-refractivity contribution in [2.24, 2.45) is 0 Å². The van der Waals surface area contributed by atoms with Crippen molar-refractivity contribution in [2.75, 3.05) is 11.5 Å². The molecule has 0 atom stereocenters. The van der Waals surface area contributed by atoms with Crippen LogP contribution in [-0.4, -0.2) is 22.2 Å². The molecular weight excluding hydrogens is 296 g/mol. The van der Waals surface area contributed by atoms with Crippen LogP contribution in [0.4, 0.5) is 11.4 Å². The Labute approximate surface area is 133 Å². The molecule has 6 N–H and O–H groups in total. The van der Waals surface area contributed by atoms with Crippen LogP contribution in [-0.2, 0) is 12.8 Å². The third kappa shape index (κ3) is 4.00. The van der Waals surface area contributed by atoms with E-state index in [2.05, 4.69) is 0 Å². The fraction of sp³-hybridized carbons (Fsp3) is 0.176. The third-order valence-corrected chi connectivity index (χ3v) is 3.61. The van der Waals surface area contributed by atoms with Gasteiger partial charge in [-0.05, 0) is 66.8 Å². The summed E-state index contributed by atoms with van der Waals surface area (Å²) in [6.45, 7) is 0. The number of aryl methyl sites for hydroxylation is 2. The first-order valence-electron chi connectivity index (χ1n) is 7.12. The molecule has 0 unspecified atom stereocenters. The Hall–Kier alpha value is -3.02. The normalized spacial score (nSPS) is 10.4. The predicted octanol–water partition coefficient (Wildman–Crippen LogP) is 2.42. The lowest BCUT2D eigenvalue weighted by molar-refractivity contribution is 0.0685. The molecule has 2 rings (SSSR count). The quantitative estimate of drug-likeness (QED) is 0.606. The van der Waals surface area contributed by atoms with Gasteiger partial charge >= 0.3 is 11.9 Å². The number of carboxylic acids is 2. The highest BCUT2D eigenvalue weighted by Gasteiger charge is 2.12. The maximum absolute atomic E-state index is 11.2. The summed E-state index contributed by atoms with van der Waals surface area (Å²) >= 11 is 0. The summed E-state index contributed by atoms with van der Waals surface area (Å²) in [5.74, 6) is -2.01. The van der Waals surface area contributed by atoms with Crippen molar-refractivity contribution in [2.45, 2.75) is 19.3 Å². The molecule has 6 heteroatoms. The fourth-order valence-corrected chi connectivity index (χ4v) is 2.53. The van der Waals surface area contributed by atoms with Gasteiger partial charge in [0.1, 0.15) is 0 Å².